The van der Waals surface area contributed by atoms with Crippen LogP contribution in [0, 0.1) is 0 Å². The molecule has 0 fully saturated rings. The van der Waals surface area contributed by atoms with Crippen LogP contribution in [-0.4, -0.2) is 38.7 Å². The average Bonchev–Trinajstić information content (AvgIpc) is 3.23. The van der Waals surface area contributed by atoms with Gasteiger partial charge in [-0.15, -0.1) is 0 Å². The second-order valence-corrected chi connectivity index (χ2v) is 7.21. The third-order valence-electron chi connectivity index (χ3n) is 5.26. The molecule has 0 saturated heterocycles. The lowest BCUT2D eigenvalue weighted by atomic mass is 10.1. The summed E-state index contributed by atoms with van der Waals surface area (Å²) in [5.41, 5.74) is 5.44. The number of rotatable bonds is 6. The molecular formula is C25H21N5O2. The maximum atomic E-state index is 5.38. The molecule has 3 heterocycles. The van der Waals surface area contributed by atoms with Gasteiger partial charge < -0.3 is 14.0 Å². The molecule has 0 aliphatic carbocycles. The van der Waals surface area contributed by atoms with Crippen LogP contribution in [0.15, 0.2) is 79.1 Å². The molecule has 7 heteroatoms. The standard InChI is InChI=1S/C25H21N5O2/c1-31-22-14-20(28-25(29-22)32-2)21-13-19-23(18-11-7-4-8-12-18)26-16-27-24(19)30(21)15-17-9-5-3-6-10-17/h3-14,16H,15H2,1-2H3. The summed E-state index contributed by atoms with van der Waals surface area (Å²) in [5, 5.41) is 0.946. The van der Waals surface area contributed by atoms with Gasteiger partial charge in [-0.25, -0.2) is 9.97 Å². The van der Waals surface area contributed by atoms with Gasteiger partial charge in [0.2, 0.25) is 5.88 Å². The minimum Gasteiger partial charge on any atom is -0.481 e. The van der Waals surface area contributed by atoms with Crippen molar-refractivity contribution in [2.24, 2.45) is 0 Å². The lowest BCUT2D eigenvalue weighted by Gasteiger charge is -2.11. The van der Waals surface area contributed by atoms with Crippen LogP contribution in [0.1, 0.15) is 5.56 Å². The lowest BCUT2D eigenvalue weighted by Crippen LogP contribution is -2.05. The van der Waals surface area contributed by atoms with Crippen molar-refractivity contribution in [3.63, 3.8) is 0 Å². The van der Waals surface area contributed by atoms with Crippen molar-refractivity contribution in [3.8, 4) is 34.5 Å². The Balaban J connectivity index is 1.77. The van der Waals surface area contributed by atoms with E-state index in [-0.39, 0.29) is 6.01 Å². The number of aromatic nitrogens is 5. The van der Waals surface area contributed by atoms with Gasteiger partial charge in [-0.3, -0.25) is 0 Å². The summed E-state index contributed by atoms with van der Waals surface area (Å²) < 4.78 is 12.8. The van der Waals surface area contributed by atoms with Crippen molar-refractivity contribution < 1.29 is 9.47 Å². The molecule has 158 valence electrons. The Morgan fingerprint density at radius 3 is 2.28 bits per heavy atom. The van der Waals surface area contributed by atoms with Crippen molar-refractivity contribution in [2.45, 2.75) is 6.54 Å². The minimum atomic E-state index is 0.241. The van der Waals surface area contributed by atoms with Gasteiger partial charge in [-0.2, -0.15) is 9.97 Å². The molecule has 32 heavy (non-hydrogen) atoms. The first-order chi connectivity index (χ1) is 15.8. The van der Waals surface area contributed by atoms with Crippen molar-refractivity contribution in [1.82, 2.24) is 24.5 Å². The summed E-state index contributed by atoms with van der Waals surface area (Å²) >= 11 is 0. The van der Waals surface area contributed by atoms with E-state index in [1.54, 1.807) is 19.5 Å². The number of ether oxygens (including phenoxy) is 2. The van der Waals surface area contributed by atoms with Gasteiger partial charge in [-0.05, 0) is 11.6 Å². The first-order valence-electron chi connectivity index (χ1n) is 10.2. The van der Waals surface area contributed by atoms with Gasteiger partial charge in [-0.1, -0.05) is 60.7 Å². The van der Waals surface area contributed by atoms with Crippen LogP contribution in [-0.2, 0) is 6.54 Å². The quantitative estimate of drug-likeness (QED) is 0.397. The van der Waals surface area contributed by atoms with Gasteiger partial charge in [0.05, 0.1) is 31.3 Å². The number of hydrogen-bond acceptors (Lipinski definition) is 6. The van der Waals surface area contributed by atoms with Crippen molar-refractivity contribution in [3.05, 3.63) is 84.7 Å². The fourth-order valence-corrected chi connectivity index (χ4v) is 3.76. The highest BCUT2D eigenvalue weighted by Gasteiger charge is 2.19. The van der Waals surface area contributed by atoms with E-state index in [9.17, 15) is 0 Å². The van der Waals surface area contributed by atoms with E-state index in [4.69, 9.17) is 9.47 Å². The fraction of sp³-hybridized carbons (Fsp3) is 0.120. The van der Waals surface area contributed by atoms with Gasteiger partial charge in [0.1, 0.15) is 12.0 Å². The van der Waals surface area contributed by atoms with Crippen molar-refractivity contribution in [2.75, 3.05) is 14.2 Å². The van der Waals surface area contributed by atoms with Crippen LogP contribution in [0.5, 0.6) is 11.9 Å². The number of hydrogen-bond donors (Lipinski definition) is 0. The average molecular weight is 423 g/mol. The van der Waals surface area contributed by atoms with Gasteiger partial charge in [0.15, 0.2) is 0 Å². The third-order valence-corrected chi connectivity index (χ3v) is 5.26. The molecule has 7 nitrogen and oxygen atoms in total. The van der Waals surface area contributed by atoms with Crippen LogP contribution in [0.4, 0.5) is 0 Å². The highest BCUT2D eigenvalue weighted by atomic mass is 16.5. The molecule has 0 aliphatic heterocycles. The van der Waals surface area contributed by atoms with E-state index >= 15 is 0 Å². The lowest BCUT2D eigenvalue weighted by molar-refractivity contribution is 0.352. The molecule has 2 aromatic carbocycles. The highest BCUT2D eigenvalue weighted by Crippen LogP contribution is 2.34. The van der Waals surface area contributed by atoms with Gasteiger partial charge in [0.25, 0.3) is 0 Å². The summed E-state index contributed by atoms with van der Waals surface area (Å²) in [5.74, 6) is 0.428. The minimum absolute atomic E-state index is 0.241. The first kappa shape index (κ1) is 19.7. The van der Waals surface area contributed by atoms with Gasteiger partial charge >= 0.3 is 6.01 Å². The molecular weight excluding hydrogens is 402 g/mol. The smallest absolute Gasteiger partial charge is 0.320 e. The van der Waals surface area contributed by atoms with Gasteiger partial charge in [0, 0.05) is 23.6 Å². The fourth-order valence-electron chi connectivity index (χ4n) is 3.76. The van der Waals surface area contributed by atoms with Crippen LogP contribution < -0.4 is 9.47 Å². The molecule has 0 spiro atoms. The summed E-state index contributed by atoms with van der Waals surface area (Å²) in [6, 6.07) is 24.5. The van der Waals surface area contributed by atoms with E-state index < -0.39 is 0 Å². The molecule has 5 rings (SSSR count). The third kappa shape index (κ3) is 3.65. The van der Waals surface area contributed by atoms with E-state index in [0.29, 0.717) is 18.1 Å². The van der Waals surface area contributed by atoms with E-state index in [0.717, 1.165) is 33.5 Å². The Morgan fingerprint density at radius 1 is 0.812 bits per heavy atom. The molecule has 0 bridgehead atoms. The predicted molar refractivity (Wildman–Crippen MR) is 123 cm³/mol. The Kier molecular flexibility index (Phi) is 5.21. The molecule has 0 amide bonds. The summed E-state index contributed by atoms with van der Waals surface area (Å²) in [7, 11) is 3.11. The summed E-state index contributed by atoms with van der Waals surface area (Å²) in [6.45, 7) is 0.625. The zero-order chi connectivity index (χ0) is 21.9. The molecule has 0 radical (unpaired) electrons. The van der Waals surface area contributed by atoms with E-state index in [2.05, 4.69) is 42.7 Å². The number of nitrogens with zero attached hydrogens (tertiary/aromatic N) is 5. The maximum Gasteiger partial charge on any atom is 0.320 e. The second-order valence-electron chi connectivity index (χ2n) is 7.21. The van der Waals surface area contributed by atoms with Crippen molar-refractivity contribution >= 4 is 11.0 Å². The molecule has 5 aromatic rings. The Morgan fingerprint density at radius 2 is 1.56 bits per heavy atom. The van der Waals surface area contributed by atoms with E-state index in [1.165, 1.54) is 7.11 Å². The highest BCUT2D eigenvalue weighted by molar-refractivity contribution is 5.94. The SMILES string of the molecule is COc1cc(-c2cc3c(-c4ccccc4)ncnc3n2Cc2ccccc2)nc(OC)n1. The Bertz CT molecular complexity index is 1350. The molecule has 0 N–H and O–H groups in total. The van der Waals surface area contributed by atoms with Crippen LogP contribution in [0.2, 0.25) is 0 Å². The zero-order valence-corrected chi connectivity index (χ0v) is 17.8. The largest absolute Gasteiger partial charge is 0.481 e. The topological polar surface area (TPSA) is 75.0 Å². The normalized spacial score (nSPS) is 10.9. The number of fused-ring (bicyclic) bond motifs is 1. The second kappa shape index (κ2) is 8.47. The maximum absolute atomic E-state index is 5.38. The summed E-state index contributed by atoms with van der Waals surface area (Å²) in [6.07, 6.45) is 1.61. The van der Waals surface area contributed by atoms with Crippen LogP contribution >= 0.6 is 0 Å². The monoisotopic (exact) mass is 423 g/mol. The first-order valence-corrected chi connectivity index (χ1v) is 10.2. The van der Waals surface area contributed by atoms with Crippen LogP contribution in [0.25, 0.3) is 33.7 Å². The number of methoxy groups -OCH3 is 2. The van der Waals surface area contributed by atoms with Crippen molar-refractivity contribution in [1.29, 1.82) is 0 Å². The number of benzene rings is 2. The molecule has 0 atom stereocenters. The predicted octanol–water partition coefficient (Wildman–Crippen LogP) is 4.62. The van der Waals surface area contributed by atoms with Crippen LogP contribution in [0.3, 0.4) is 0 Å². The van der Waals surface area contributed by atoms with E-state index in [1.807, 2.05) is 48.5 Å². The Hall–Kier alpha value is -4.26. The summed E-state index contributed by atoms with van der Waals surface area (Å²) in [4.78, 5) is 18.1. The molecule has 0 aliphatic rings. The molecule has 0 unspecified atom stereocenters. The molecule has 0 saturated carbocycles. The Labute approximate surface area is 185 Å². The zero-order valence-electron chi connectivity index (χ0n) is 17.8. The molecule has 3 aromatic heterocycles.